The van der Waals surface area contributed by atoms with Crippen molar-refractivity contribution in [3.63, 3.8) is 0 Å². The summed E-state index contributed by atoms with van der Waals surface area (Å²) in [6.07, 6.45) is 12.7. The zero-order chi connectivity index (χ0) is 19.2. The van der Waals surface area contributed by atoms with E-state index in [0.717, 1.165) is 49.9 Å². The van der Waals surface area contributed by atoms with Gasteiger partial charge in [0.1, 0.15) is 0 Å². The van der Waals surface area contributed by atoms with E-state index in [2.05, 4.69) is 52.5 Å². The quantitative estimate of drug-likeness (QED) is 0.432. The van der Waals surface area contributed by atoms with Crippen LogP contribution in [0.2, 0.25) is 0 Å². The number of aromatic nitrogens is 8. The van der Waals surface area contributed by atoms with E-state index in [1.807, 2.05) is 36.9 Å². The molecule has 6 aromatic heterocycles. The van der Waals surface area contributed by atoms with Crippen LogP contribution in [-0.2, 0) is 0 Å². The molecule has 0 unspecified atom stereocenters. The van der Waals surface area contributed by atoms with E-state index in [-0.39, 0.29) is 0 Å². The first kappa shape index (κ1) is 15.7. The van der Waals surface area contributed by atoms with Gasteiger partial charge < -0.3 is 4.98 Å². The summed E-state index contributed by atoms with van der Waals surface area (Å²) in [5.74, 6) is 0. The van der Waals surface area contributed by atoms with Crippen LogP contribution in [0.15, 0.2) is 67.6 Å². The maximum absolute atomic E-state index is 4.48. The van der Waals surface area contributed by atoms with E-state index < -0.39 is 0 Å². The molecule has 0 aliphatic heterocycles. The first-order chi connectivity index (χ1) is 14.4. The summed E-state index contributed by atoms with van der Waals surface area (Å²) < 4.78 is 0. The summed E-state index contributed by atoms with van der Waals surface area (Å²) in [5.41, 5.74) is 7.42. The predicted molar refractivity (Wildman–Crippen MR) is 110 cm³/mol. The number of aromatic amines is 3. The Morgan fingerprint density at radius 3 is 2.69 bits per heavy atom. The highest BCUT2D eigenvalue weighted by Gasteiger charge is 2.15. The van der Waals surface area contributed by atoms with Crippen LogP contribution in [0.1, 0.15) is 0 Å². The van der Waals surface area contributed by atoms with Gasteiger partial charge in [-0.3, -0.25) is 20.2 Å². The second kappa shape index (κ2) is 6.10. The lowest BCUT2D eigenvalue weighted by molar-refractivity contribution is 1.09. The van der Waals surface area contributed by atoms with Crippen molar-refractivity contribution in [3.8, 4) is 33.6 Å². The van der Waals surface area contributed by atoms with Crippen molar-refractivity contribution >= 4 is 21.9 Å². The largest absolute Gasteiger partial charge is 0.352 e. The lowest BCUT2D eigenvalue weighted by Crippen LogP contribution is -1.82. The Kier molecular flexibility index (Phi) is 3.30. The third kappa shape index (κ3) is 2.50. The Balaban J connectivity index is 1.54. The zero-order valence-electron chi connectivity index (χ0n) is 15.1. The van der Waals surface area contributed by atoms with Crippen LogP contribution >= 0.6 is 0 Å². The van der Waals surface area contributed by atoms with Crippen molar-refractivity contribution < 1.29 is 0 Å². The molecule has 8 nitrogen and oxygen atoms in total. The molecule has 0 aliphatic rings. The average molecular weight is 378 g/mol. The number of H-pyrrole nitrogens is 3. The van der Waals surface area contributed by atoms with Crippen LogP contribution in [-0.4, -0.2) is 40.3 Å². The molecule has 29 heavy (non-hydrogen) atoms. The second-order valence-electron chi connectivity index (χ2n) is 6.75. The molecule has 0 spiro atoms. The molecular weight excluding hydrogens is 364 g/mol. The second-order valence-corrected chi connectivity index (χ2v) is 6.75. The molecule has 0 bridgehead atoms. The van der Waals surface area contributed by atoms with Crippen LogP contribution in [0, 0.1) is 0 Å². The number of nitrogens with one attached hydrogen (secondary N) is 3. The highest BCUT2D eigenvalue weighted by molar-refractivity contribution is 6.00. The van der Waals surface area contributed by atoms with Crippen molar-refractivity contribution in [2.75, 3.05) is 0 Å². The van der Waals surface area contributed by atoms with E-state index in [9.17, 15) is 0 Å². The van der Waals surface area contributed by atoms with E-state index in [0.29, 0.717) is 5.65 Å². The number of hydrogen-bond acceptors (Lipinski definition) is 5. The Morgan fingerprint density at radius 2 is 1.83 bits per heavy atom. The monoisotopic (exact) mass is 378 g/mol. The molecule has 6 aromatic rings. The molecule has 0 amide bonds. The van der Waals surface area contributed by atoms with Crippen molar-refractivity contribution in [1.82, 2.24) is 40.3 Å². The minimum Gasteiger partial charge on any atom is -0.352 e. The topological polar surface area (TPSA) is 112 Å². The first-order valence-corrected chi connectivity index (χ1v) is 9.07. The molecule has 0 aromatic carbocycles. The van der Waals surface area contributed by atoms with Crippen LogP contribution in [0.5, 0.6) is 0 Å². The molecule has 6 heterocycles. The van der Waals surface area contributed by atoms with Gasteiger partial charge in [-0.1, -0.05) is 6.07 Å². The Bertz CT molecular complexity index is 1440. The smallest absolute Gasteiger partial charge is 0.181 e. The van der Waals surface area contributed by atoms with Gasteiger partial charge in [-0.05, 0) is 18.2 Å². The maximum atomic E-state index is 4.48. The minimum atomic E-state index is 0.663. The van der Waals surface area contributed by atoms with Gasteiger partial charge in [-0.25, -0.2) is 4.98 Å². The van der Waals surface area contributed by atoms with Gasteiger partial charge in [0.15, 0.2) is 5.65 Å². The molecule has 0 saturated carbocycles. The molecule has 0 saturated heterocycles. The fourth-order valence-corrected chi connectivity index (χ4v) is 3.61. The summed E-state index contributed by atoms with van der Waals surface area (Å²) in [6.45, 7) is 0. The predicted octanol–water partition coefficient (Wildman–Crippen LogP) is 3.95. The van der Waals surface area contributed by atoms with Crippen LogP contribution in [0.25, 0.3) is 55.6 Å². The summed E-state index contributed by atoms with van der Waals surface area (Å²) in [7, 11) is 0. The Morgan fingerprint density at radius 1 is 0.828 bits per heavy atom. The summed E-state index contributed by atoms with van der Waals surface area (Å²) in [6, 6.07) is 8.13. The molecule has 6 rings (SSSR count). The zero-order valence-corrected chi connectivity index (χ0v) is 15.1. The van der Waals surface area contributed by atoms with Crippen molar-refractivity contribution in [3.05, 3.63) is 67.6 Å². The highest BCUT2D eigenvalue weighted by Crippen LogP contribution is 2.33. The number of fused-ring (bicyclic) bond motifs is 2. The Hall–Kier alpha value is -4.33. The molecule has 0 atom stereocenters. The molecule has 8 heteroatoms. The Labute approximate surface area is 164 Å². The number of pyridine rings is 3. The van der Waals surface area contributed by atoms with Gasteiger partial charge in [0.05, 0.1) is 29.3 Å². The molecular formula is C21H14N8. The minimum absolute atomic E-state index is 0.663. The van der Waals surface area contributed by atoms with E-state index in [1.54, 1.807) is 18.6 Å². The molecule has 3 N–H and O–H groups in total. The standard InChI is InChI=1S/C21H14N8/c1-2-12(6-22-3-1)17-10-23-11-19-15(17)5-18(27-19)20-16-4-13(14-8-25-26-9-14)7-24-21(16)29-28-20/h1-11,27H,(H,25,26)(H,24,28,29). The van der Waals surface area contributed by atoms with Crippen molar-refractivity contribution in [2.45, 2.75) is 0 Å². The summed E-state index contributed by atoms with van der Waals surface area (Å²) in [5, 5.41) is 16.4. The lowest BCUT2D eigenvalue weighted by Gasteiger charge is -2.01. The van der Waals surface area contributed by atoms with Gasteiger partial charge in [0.25, 0.3) is 0 Å². The summed E-state index contributed by atoms with van der Waals surface area (Å²) >= 11 is 0. The lowest BCUT2D eigenvalue weighted by atomic mass is 10.1. The van der Waals surface area contributed by atoms with Crippen molar-refractivity contribution in [2.24, 2.45) is 0 Å². The van der Waals surface area contributed by atoms with Crippen LogP contribution < -0.4 is 0 Å². The van der Waals surface area contributed by atoms with Gasteiger partial charge in [-0.15, -0.1) is 0 Å². The number of nitrogens with zero attached hydrogens (tertiary/aromatic N) is 5. The van der Waals surface area contributed by atoms with Gasteiger partial charge in [0.2, 0.25) is 0 Å². The van der Waals surface area contributed by atoms with Gasteiger partial charge in [-0.2, -0.15) is 10.2 Å². The van der Waals surface area contributed by atoms with Crippen LogP contribution in [0.4, 0.5) is 0 Å². The average Bonchev–Trinajstić information content (AvgIpc) is 3.52. The normalized spacial score (nSPS) is 11.4. The summed E-state index contributed by atoms with van der Waals surface area (Å²) in [4.78, 5) is 16.6. The van der Waals surface area contributed by atoms with E-state index in [1.165, 1.54) is 0 Å². The fourth-order valence-electron chi connectivity index (χ4n) is 3.61. The third-order valence-corrected chi connectivity index (χ3v) is 5.03. The van der Waals surface area contributed by atoms with Crippen LogP contribution in [0.3, 0.4) is 0 Å². The molecule has 0 radical (unpaired) electrons. The van der Waals surface area contributed by atoms with Gasteiger partial charge >= 0.3 is 0 Å². The maximum Gasteiger partial charge on any atom is 0.181 e. The molecule has 0 aliphatic carbocycles. The number of rotatable bonds is 3. The van der Waals surface area contributed by atoms with E-state index in [4.69, 9.17) is 0 Å². The number of hydrogen-bond donors (Lipinski definition) is 3. The highest BCUT2D eigenvalue weighted by atomic mass is 15.2. The van der Waals surface area contributed by atoms with Gasteiger partial charge in [0, 0.05) is 64.0 Å². The SMILES string of the molecule is c1cncc(-c2cncc3[nH]c(-c4[nH]nc5ncc(-c6cn[nH]c6)cc45)cc23)c1. The van der Waals surface area contributed by atoms with E-state index >= 15 is 0 Å². The fraction of sp³-hybridized carbons (Fsp3) is 0. The first-order valence-electron chi connectivity index (χ1n) is 9.07. The third-order valence-electron chi connectivity index (χ3n) is 5.03. The molecule has 0 fully saturated rings. The van der Waals surface area contributed by atoms with Crippen molar-refractivity contribution in [1.29, 1.82) is 0 Å². The molecule has 138 valence electrons.